The highest BCUT2D eigenvalue weighted by Gasteiger charge is 2.30. The lowest BCUT2D eigenvalue weighted by molar-refractivity contribution is -0.142. The van der Waals surface area contributed by atoms with E-state index >= 15 is 0 Å². The predicted molar refractivity (Wildman–Crippen MR) is 77.7 cm³/mol. The number of para-hydroxylation sites is 1. The molecular formula is C16H20N2O3. The van der Waals surface area contributed by atoms with Crippen molar-refractivity contribution in [1.29, 1.82) is 5.26 Å². The highest BCUT2D eigenvalue weighted by Crippen LogP contribution is 2.21. The van der Waals surface area contributed by atoms with Gasteiger partial charge in [0.15, 0.2) is 6.10 Å². The molecule has 0 radical (unpaired) electrons. The Labute approximate surface area is 124 Å². The van der Waals surface area contributed by atoms with Crippen molar-refractivity contribution in [1.82, 2.24) is 4.90 Å². The van der Waals surface area contributed by atoms with Crippen molar-refractivity contribution < 1.29 is 14.6 Å². The molecule has 2 atom stereocenters. The summed E-state index contributed by atoms with van der Waals surface area (Å²) >= 11 is 0. The molecule has 0 saturated carbocycles. The molecular weight excluding hydrogens is 268 g/mol. The summed E-state index contributed by atoms with van der Waals surface area (Å²) in [4.78, 5) is 14.2. The third-order valence-corrected chi connectivity index (χ3v) is 3.78. The Balaban J connectivity index is 2.07. The largest absolute Gasteiger partial charge is 0.480 e. The van der Waals surface area contributed by atoms with Crippen LogP contribution in [0.1, 0.15) is 31.7 Å². The van der Waals surface area contributed by atoms with Crippen LogP contribution in [-0.4, -0.2) is 41.2 Å². The number of carbonyl (C=O) groups excluding carboxylic acids is 1. The maximum atomic E-state index is 12.5. The molecule has 0 aliphatic carbocycles. The first kappa shape index (κ1) is 15.3. The van der Waals surface area contributed by atoms with Crippen LogP contribution in [0.4, 0.5) is 0 Å². The van der Waals surface area contributed by atoms with Crippen molar-refractivity contribution in [2.75, 3.05) is 13.2 Å². The molecule has 1 aromatic carbocycles. The molecule has 1 saturated heterocycles. The van der Waals surface area contributed by atoms with E-state index in [1.165, 1.54) is 0 Å². The van der Waals surface area contributed by atoms with Crippen molar-refractivity contribution in [3.8, 4) is 11.8 Å². The minimum atomic E-state index is -0.674. The van der Waals surface area contributed by atoms with Crippen molar-refractivity contribution in [2.24, 2.45) is 0 Å². The first-order chi connectivity index (χ1) is 10.2. The number of nitrogens with zero attached hydrogens (tertiary/aromatic N) is 2. The topological polar surface area (TPSA) is 73.6 Å². The first-order valence-corrected chi connectivity index (χ1v) is 7.24. The number of piperidine rings is 1. The van der Waals surface area contributed by atoms with Crippen LogP contribution in [0.2, 0.25) is 0 Å². The minimum Gasteiger partial charge on any atom is -0.480 e. The van der Waals surface area contributed by atoms with Gasteiger partial charge in [0, 0.05) is 6.54 Å². The lowest BCUT2D eigenvalue weighted by Crippen LogP contribution is -2.50. The van der Waals surface area contributed by atoms with Crippen LogP contribution in [0.25, 0.3) is 0 Å². The van der Waals surface area contributed by atoms with Crippen LogP contribution in [-0.2, 0) is 4.79 Å². The molecule has 1 aliphatic heterocycles. The zero-order valence-electron chi connectivity index (χ0n) is 12.2. The summed E-state index contributed by atoms with van der Waals surface area (Å²) in [6.07, 6.45) is 2.13. The normalized spacial score (nSPS) is 19.7. The van der Waals surface area contributed by atoms with Gasteiger partial charge in [-0.15, -0.1) is 0 Å². The van der Waals surface area contributed by atoms with Gasteiger partial charge >= 0.3 is 0 Å². The number of aliphatic hydroxyl groups excluding tert-OH is 1. The maximum absolute atomic E-state index is 12.5. The second-order valence-corrected chi connectivity index (χ2v) is 5.23. The zero-order chi connectivity index (χ0) is 15.2. The molecule has 5 nitrogen and oxygen atoms in total. The van der Waals surface area contributed by atoms with Crippen LogP contribution in [0.15, 0.2) is 24.3 Å². The molecule has 2 unspecified atom stereocenters. The van der Waals surface area contributed by atoms with Gasteiger partial charge < -0.3 is 14.7 Å². The van der Waals surface area contributed by atoms with Crippen LogP contribution in [0.5, 0.6) is 5.75 Å². The Morgan fingerprint density at radius 3 is 3.00 bits per heavy atom. The number of amides is 1. The standard InChI is InChI=1S/C16H20N2O3/c1-12(21-15-8-3-2-6-13(15)10-17)16(20)18-9-5-4-7-14(18)11-19/h2-3,6,8,12,14,19H,4-5,7,9,11H2,1H3. The summed E-state index contributed by atoms with van der Waals surface area (Å²) in [5.74, 6) is 0.278. The van der Waals surface area contributed by atoms with Crippen molar-refractivity contribution in [3.05, 3.63) is 29.8 Å². The van der Waals surface area contributed by atoms with E-state index in [2.05, 4.69) is 0 Å². The van der Waals surface area contributed by atoms with Gasteiger partial charge in [-0.05, 0) is 38.3 Å². The summed E-state index contributed by atoms with van der Waals surface area (Å²) in [5, 5.41) is 18.4. The molecule has 1 amide bonds. The number of carbonyl (C=O) groups is 1. The Hall–Kier alpha value is -2.06. The molecule has 112 valence electrons. The summed E-state index contributed by atoms with van der Waals surface area (Å²) in [5.41, 5.74) is 0.412. The third-order valence-electron chi connectivity index (χ3n) is 3.78. The molecule has 0 bridgehead atoms. The third kappa shape index (κ3) is 3.53. The molecule has 1 heterocycles. The number of rotatable bonds is 4. The van der Waals surface area contributed by atoms with Crippen LogP contribution in [0.3, 0.4) is 0 Å². The summed E-state index contributed by atoms with van der Waals surface area (Å²) < 4.78 is 5.65. The quantitative estimate of drug-likeness (QED) is 0.915. The first-order valence-electron chi connectivity index (χ1n) is 7.24. The van der Waals surface area contributed by atoms with Gasteiger partial charge in [0.1, 0.15) is 11.8 Å². The summed E-state index contributed by atoms with van der Waals surface area (Å²) in [6.45, 7) is 2.31. The van der Waals surface area contributed by atoms with E-state index in [4.69, 9.17) is 10.00 Å². The number of hydrogen-bond donors (Lipinski definition) is 1. The van der Waals surface area contributed by atoms with E-state index in [1.807, 2.05) is 6.07 Å². The highest BCUT2D eigenvalue weighted by atomic mass is 16.5. The molecule has 1 N–H and O–H groups in total. The lowest BCUT2D eigenvalue weighted by Gasteiger charge is -2.36. The van der Waals surface area contributed by atoms with E-state index < -0.39 is 6.10 Å². The lowest BCUT2D eigenvalue weighted by atomic mass is 10.0. The Kier molecular flexibility index (Phi) is 5.18. The van der Waals surface area contributed by atoms with Crippen molar-refractivity contribution in [3.63, 3.8) is 0 Å². The smallest absolute Gasteiger partial charge is 0.263 e. The van der Waals surface area contributed by atoms with Gasteiger partial charge in [0.25, 0.3) is 5.91 Å². The van der Waals surface area contributed by atoms with Gasteiger partial charge in [-0.2, -0.15) is 5.26 Å². The Morgan fingerprint density at radius 1 is 1.52 bits per heavy atom. The zero-order valence-corrected chi connectivity index (χ0v) is 12.2. The summed E-state index contributed by atoms with van der Waals surface area (Å²) in [6, 6.07) is 8.79. The molecule has 1 aromatic rings. The van der Waals surface area contributed by atoms with E-state index in [-0.39, 0.29) is 18.6 Å². The monoisotopic (exact) mass is 288 g/mol. The van der Waals surface area contributed by atoms with Gasteiger partial charge in [-0.3, -0.25) is 4.79 Å². The fraction of sp³-hybridized carbons (Fsp3) is 0.500. The Morgan fingerprint density at radius 2 is 2.29 bits per heavy atom. The maximum Gasteiger partial charge on any atom is 0.263 e. The molecule has 1 aliphatic rings. The van der Waals surface area contributed by atoms with Gasteiger partial charge in [-0.1, -0.05) is 12.1 Å². The molecule has 21 heavy (non-hydrogen) atoms. The number of nitriles is 1. The highest BCUT2D eigenvalue weighted by molar-refractivity contribution is 5.81. The SMILES string of the molecule is CC(Oc1ccccc1C#N)C(=O)N1CCCCC1CO. The number of ether oxygens (including phenoxy) is 1. The van der Waals surface area contributed by atoms with Gasteiger partial charge in [0.05, 0.1) is 18.2 Å². The van der Waals surface area contributed by atoms with Crippen LogP contribution < -0.4 is 4.74 Å². The number of hydrogen-bond acceptors (Lipinski definition) is 4. The Bertz CT molecular complexity index is 539. The molecule has 0 spiro atoms. The van der Waals surface area contributed by atoms with E-state index in [9.17, 15) is 9.90 Å². The van der Waals surface area contributed by atoms with Crippen molar-refractivity contribution >= 4 is 5.91 Å². The minimum absolute atomic E-state index is 0.0206. The average molecular weight is 288 g/mol. The molecule has 2 rings (SSSR count). The van der Waals surface area contributed by atoms with E-state index in [0.717, 1.165) is 19.3 Å². The second-order valence-electron chi connectivity index (χ2n) is 5.23. The van der Waals surface area contributed by atoms with Gasteiger partial charge in [0.2, 0.25) is 0 Å². The molecule has 0 aromatic heterocycles. The fourth-order valence-corrected chi connectivity index (χ4v) is 2.62. The second kappa shape index (κ2) is 7.09. The van der Waals surface area contributed by atoms with Crippen LogP contribution in [0, 0.1) is 11.3 Å². The molecule has 5 heteroatoms. The van der Waals surface area contributed by atoms with Crippen molar-refractivity contribution in [2.45, 2.75) is 38.3 Å². The predicted octanol–water partition coefficient (Wildman–Crippen LogP) is 1.70. The fourth-order valence-electron chi connectivity index (χ4n) is 2.62. The van der Waals surface area contributed by atoms with E-state index in [1.54, 1.807) is 36.1 Å². The number of likely N-dealkylation sites (tertiary alicyclic amines) is 1. The molecule has 1 fully saturated rings. The van der Waals surface area contributed by atoms with Gasteiger partial charge in [-0.25, -0.2) is 0 Å². The van der Waals surface area contributed by atoms with E-state index in [0.29, 0.717) is 17.9 Å². The number of aliphatic hydroxyl groups is 1. The van der Waals surface area contributed by atoms with Crippen LogP contribution >= 0.6 is 0 Å². The number of benzene rings is 1. The average Bonchev–Trinajstić information content (AvgIpc) is 2.54. The summed E-state index contributed by atoms with van der Waals surface area (Å²) in [7, 11) is 0.